The van der Waals surface area contributed by atoms with Crippen LogP contribution in [0.4, 0.5) is 0 Å². The summed E-state index contributed by atoms with van der Waals surface area (Å²) in [7, 11) is 0. The summed E-state index contributed by atoms with van der Waals surface area (Å²) in [5, 5.41) is 0. The van der Waals surface area contributed by atoms with Crippen molar-refractivity contribution in [3.05, 3.63) is 19.1 Å². The van der Waals surface area contributed by atoms with E-state index in [2.05, 4.69) is 27.4 Å². The smallest absolute Gasteiger partial charge is 0.0234 e. The van der Waals surface area contributed by atoms with E-state index in [1.807, 2.05) is 0 Å². The minimum Gasteiger partial charge on any atom is -0.0996 e. The maximum absolute atomic E-state index is 3.84. The summed E-state index contributed by atoms with van der Waals surface area (Å²) in [6, 6.07) is 0. The first-order chi connectivity index (χ1) is 5.18. The Morgan fingerprint density at radius 1 is 1.27 bits per heavy atom. The van der Waals surface area contributed by atoms with Gasteiger partial charge in [0, 0.05) is 0 Å². The fourth-order valence-corrected chi connectivity index (χ4v) is 1.08. The largest absolute Gasteiger partial charge is 0.0996 e. The number of unbranched alkanes of at least 4 members (excludes halogenated alkanes) is 3. The highest BCUT2D eigenvalue weighted by Gasteiger charge is 2.00. The van der Waals surface area contributed by atoms with Crippen LogP contribution >= 0.6 is 0 Å². The van der Waals surface area contributed by atoms with Gasteiger partial charge in [-0.15, -0.1) is 0 Å². The predicted molar refractivity (Wildman–Crippen MR) is 52.4 cm³/mol. The quantitative estimate of drug-likeness (QED) is 0.506. The molecule has 0 spiro atoms. The van der Waals surface area contributed by atoms with Crippen molar-refractivity contribution in [3.63, 3.8) is 0 Å². The maximum Gasteiger partial charge on any atom is -0.0234 e. The lowest BCUT2D eigenvalue weighted by atomic mass is 9.97. The molecule has 11 heavy (non-hydrogen) atoms. The van der Waals surface area contributed by atoms with Gasteiger partial charge in [-0.1, -0.05) is 51.7 Å². The number of hydrogen-bond acceptors (Lipinski definition) is 0. The molecule has 0 saturated carbocycles. The summed E-state index contributed by atoms with van der Waals surface area (Å²) in [5.41, 5.74) is 1.08. The van der Waals surface area contributed by atoms with Gasteiger partial charge in [0.2, 0.25) is 0 Å². The van der Waals surface area contributed by atoms with Crippen LogP contribution in [0.25, 0.3) is 0 Å². The van der Waals surface area contributed by atoms with E-state index < -0.39 is 0 Å². The Kier molecular flexibility index (Phi) is 6.30. The second-order valence-electron chi connectivity index (χ2n) is 3.41. The van der Waals surface area contributed by atoms with Crippen LogP contribution in [0, 0.1) is 12.8 Å². The van der Waals surface area contributed by atoms with Gasteiger partial charge in [0.1, 0.15) is 0 Å². The second kappa shape index (κ2) is 6.45. The third-order valence-corrected chi connectivity index (χ3v) is 2.19. The molecule has 0 aliphatic carbocycles. The molecule has 1 unspecified atom stereocenters. The third kappa shape index (κ3) is 6.15. The first-order valence-electron chi connectivity index (χ1n) is 4.69. The molecule has 65 valence electrons. The summed E-state index contributed by atoms with van der Waals surface area (Å²) in [6.07, 6.45) is 6.66. The molecule has 1 radical (unpaired) electrons. The number of hydrogen-bond donors (Lipinski definition) is 0. The molecule has 1 atom stereocenters. The van der Waals surface area contributed by atoms with Crippen LogP contribution < -0.4 is 0 Å². The van der Waals surface area contributed by atoms with Crippen LogP contribution in [0.15, 0.2) is 12.2 Å². The molecule has 0 nitrogen and oxygen atoms in total. The van der Waals surface area contributed by atoms with Crippen LogP contribution in [0.2, 0.25) is 0 Å². The minimum atomic E-state index is 0.617. The zero-order valence-electron chi connectivity index (χ0n) is 8.03. The van der Waals surface area contributed by atoms with E-state index in [1.54, 1.807) is 0 Å². The van der Waals surface area contributed by atoms with Crippen LogP contribution in [0.5, 0.6) is 0 Å². The van der Waals surface area contributed by atoms with E-state index >= 15 is 0 Å². The fraction of sp³-hybridized carbons (Fsp3) is 0.727. The Hall–Kier alpha value is -0.260. The van der Waals surface area contributed by atoms with Crippen molar-refractivity contribution in [2.75, 3.05) is 0 Å². The summed E-state index contributed by atoms with van der Waals surface area (Å²) in [5.74, 6) is 0.617. The molecule has 0 heteroatoms. The lowest BCUT2D eigenvalue weighted by molar-refractivity contribution is 0.549. The Bertz CT molecular complexity index is 103. The number of allylic oxidation sites excluding steroid dienone is 1. The molecule has 0 rings (SSSR count). The van der Waals surface area contributed by atoms with E-state index in [9.17, 15) is 0 Å². The summed E-state index contributed by atoms with van der Waals surface area (Å²) < 4.78 is 0. The highest BCUT2D eigenvalue weighted by Crippen LogP contribution is 2.15. The molecule has 0 saturated heterocycles. The molecular formula is C11H21. The highest BCUT2D eigenvalue weighted by molar-refractivity contribution is 5.01. The molecule has 0 aromatic rings. The van der Waals surface area contributed by atoms with E-state index in [4.69, 9.17) is 0 Å². The first kappa shape index (κ1) is 10.7. The fourth-order valence-electron chi connectivity index (χ4n) is 1.08. The van der Waals surface area contributed by atoms with E-state index in [0.29, 0.717) is 5.92 Å². The van der Waals surface area contributed by atoms with Crippen LogP contribution in [0.3, 0.4) is 0 Å². The average Bonchev–Trinajstić information content (AvgIpc) is 1.97. The zero-order chi connectivity index (χ0) is 8.69. The molecule has 0 aromatic heterocycles. The molecule has 0 fully saturated rings. The molecule has 0 aliphatic heterocycles. The van der Waals surface area contributed by atoms with Gasteiger partial charge >= 0.3 is 0 Å². The number of rotatable bonds is 6. The van der Waals surface area contributed by atoms with Crippen molar-refractivity contribution < 1.29 is 0 Å². The van der Waals surface area contributed by atoms with Crippen molar-refractivity contribution in [2.45, 2.75) is 46.0 Å². The molecule has 0 heterocycles. The average molecular weight is 153 g/mol. The topological polar surface area (TPSA) is 0 Å². The third-order valence-electron chi connectivity index (χ3n) is 2.19. The summed E-state index contributed by atoms with van der Waals surface area (Å²) in [6.45, 7) is 12.1. The summed E-state index contributed by atoms with van der Waals surface area (Å²) >= 11 is 0. The molecule has 0 bridgehead atoms. The SMILES string of the molecule is [CH2]C(=C)C(C)CCCCCC. The second-order valence-corrected chi connectivity index (χ2v) is 3.41. The van der Waals surface area contributed by atoms with Crippen molar-refractivity contribution in [2.24, 2.45) is 5.92 Å². The Morgan fingerprint density at radius 2 is 1.91 bits per heavy atom. The minimum absolute atomic E-state index is 0.617. The first-order valence-corrected chi connectivity index (χ1v) is 4.69. The maximum atomic E-state index is 3.84. The van der Waals surface area contributed by atoms with Gasteiger partial charge in [0.05, 0.1) is 0 Å². The van der Waals surface area contributed by atoms with Gasteiger partial charge in [-0.05, 0) is 19.3 Å². The standard InChI is InChI=1S/C11H21/c1-5-6-7-8-9-11(4)10(2)3/h11H,2-3,5-9H2,1,4H3. The van der Waals surface area contributed by atoms with E-state index in [0.717, 1.165) is 5.57 Å². The predicted octanol–water partition coefficient (Wildman–Crippen LogP) is 3.98. The highest BCUT2D eigenvalue weighted by atomic mass is 14.1. The van der Waals surface area contributed by atoms with Crippen LogP contribution in [-0.2, 0) is 0 Å². The monoisotopic (exact) mass is 153 g/mol. The van der Waals surface area contributed by atoms with Gasteiger partial charge in [-0.2, -0.15) is 0 Å². The Labute approximate surface area is 71.7 Å². The lowest BCUT2D eigenvalue weighted by Gasteiger charge is -2.09. The van der Waals surface area contributed by atoms with Gasteiger partial charge in [0.15, 0.2) is 0 Å². The molecule has 0 aromatic carbocycles. The van der Waals surface area contributed by atoms with Crippen molar-refractivity contribution >= 4 is 0 Å². The van der Waals surface area contributed by atoms with E-state index in [1.165, 1.54) is 32.1 Å². The van der Waals surface area contributed by atoms with Crippen LogP contribution in [-0.4, -0.2) is 0 Å². The Balaban J connectivity index is 3.17. The molecule has 0 amide bonds. The Morgan fingerprint density at radius 3 is 2.36 bits per heavy atom. The van der Waals surface area contributed by atoms with Gasteiger partial charge < -0.3 is 0 Å². The van der Waals surface area contributed by atoms with Crippen molar-refractivity contribution in [1.82, 2.24) is 0 Å². The van der Waals surface area contributed by atoms with Crippen molar-refractivity contribution in [1.29, 1.82) is 0 Å². The lowest BCUT2D eigenvalue weighted by Crippen LogP contribution is -1.94. The van der Waals surface area contributed by atoms with Gasteiger partial charge in [-0.25, -0.2) is 0 Å². The summed E-state index contributed by atoms with van der Waals surface area (Å²) in [4.78, 5) is 0. The molecular weight excluding hydrogens is 132 g/mol. The van der Waals surface area contributed by atoms with Crippen LogP contribution in [0.1, 0.15) is 46.0 Å². The van der Waals surface area contributed by atoms with E-state index in [-0.39, 0.29) is 0 Å². The van der Waals surface area contributed by atoms with Crippen molar-refractivity contribution in [3.8, 4) is 0 Å². The molecule has 0 N–H and O–H groups in total. The zero-order valence-corrected chi connectivity index (χ0v) is 8.03. The van der Waals surface area contributed by atoms with Gasteiger partial charge in [0.25, 0.3) is 0 Å². The normalized spacial score (nSPS) is 13.0. The molecule has 0 aliphatic rings. The van der Waals surface area contributed by atoms with Gasteiger partial charge in [-0.3, -0.25) is 0 Å².